The Kier molecular flexibility index (Phi) is 4.18. The Bertz CT molecular complexity index is 1190. The molecule has 3 aliphatic rings. The van der Waals surface area contributed by atoms with E-state index in [1.165, 1.54) is 24.3 Å². The minimum absolute atomic E-state index is 0.0706. The molecule has 2 atom stereocenters. The molecule has 2 amide bonds. The molecule has 0 bridgehead atoms. The Morgan fingerprint density at radius 1 is 0.688 bits per heavy atom. The van der Waals surface area contributed by atoms with Crippen molar-refractivity contribution < 1.29 is 18.4 Å². The summed E-state index contributed by atoms with van der Waals surface area (Å²) in [6.45, 7) is 0.733. The van der Waals surface area contributed by atoms with Crippen LogP contribution in [0.15, 0.2) is 60.7 Å². The predicted octanol–water partition coefficient (Wildman–Crippen LogP) is 4.32. The van der Waals surface area contributed by atoms with Gasteiger partial charge in [-0.1, -0.05) is 24.3 Å². The number of anilines is 2. The number of hydrogen-bond acceptors (Lipinski definition) is 2. The minimum Gasteiger partial charge on any atom is -0.308 e. The lowest BCUT2D eigenvalue weighted by atomic mass is 9.76. The molecule has 32 heavy (non-hydrogen) atoms. The lowest BCUT2D eigenvalue weighted by molar-refractivity contribution is -0.122. The number of nitrogens with zero attached hydrogens (tertiary/aromatic N) is 2. The molecular formula is C26H20F2N2O2. The second-order valence-electron chi connectivity index (χ2n) is 8.67. The van der Waals surface area contributed by atoms with E-state index in [1.54, 1.807) is 21.9 Å². The number of benzene rings is 3. The standard InChI is InChI=1S/C26H20F2N2O2/c27-17-7-5-15-11-21(19(15)13-17)25(31)29-9-10-30(24-4-2-1-3-23(24)29)26(32)22-12-16-6-8-18(28)14-20(16)22/h1-8,13-14,21-22H,9-12H2. The van der Waals surface area contributed by atoms with Gasteiger partial charge < -0.3 is 9.80 Å². The first kappa shape index (κ1) is 19.2. The fourth-order valence-corrected chi connectivity index (χ4v) is 5.19. The van der Waals surface area contributed by atoms with E-state index >= 15 is 0 Å². The first-order valence-electron chi connectivity index (χ1n) is 10.8. The van der Waals surface area contributed by atoms with Crippen molar-refractivity contribution in [2.45, 2.75) is 24.7 Å². The molecule has 3 aromatic rings. The Labute approximate surface area is 184 Å². The monoisotopic (exact) mass is 430 g/mol. The molecular weight excluding hydrogens is 410 g/mol. The fourth-order valence-electron chi connectivity index (χ4n) is 5.19. The van der Waals surface area contributed by atoms with Crippen LogP contribution in [0.5, 0.6) is 0 Å². The van der Waals surface area contributed by atoms with Crippen LogP contribution >= 0.6 is 0 Å². The summed E-state index contributed by atoms with van der Waals surface area (Å²) in [6, 6.07) is 16.6. The van der Waals surface area contributed by atoms with Gasteiger partial charge in [-0.3, -0.25) is 9.59 Å². The van der Waals surface area contributed by atoms with Gasteiger partial charge in [-0.15, -0.1) is 0 Å². The number of halogens is 2. The number of hydrogen-bond donors (Lipinski definition) is 0. The SMILES string of the molecule is O=C(C1Cc2ccc(F)cc21)N1CCN(C(=O)C2Cc3ccc(F)cc32)c2ccccc21. The number of rotatable bonds is 2. The van der Waals surface area contributed by atoms with Crippen LogP contribution in [-0.2, 0) is 22.4 Å². The van der Waals surface area contributed by atoms with Crippen LogP contribution in [0.2, 0.25) is 0 Å². The highest BCUT2D eigenvalue weighted by Crippen LogP contribution is 2.43. The van der Waals surface area contributed by atoms with Gasteiger partial charge in [-0.2, -0.15) is 0 Å². The molecule has 0 fully saturated rings. The topological polar surface area (TPSA) is 40.6 Å². The lowest BCUT2D eigenvalue weighted by Gasteiger charge is -2.42. The average Bonchev–Trinajstić information content (AvgIpc) is 2.77. The Balaban J connectivity index is 1.28. The van der Waals surface area contributed by atoms with Crippen molar-refractivity contribution in [1.29, 1.82) is 0 Å². The van der Waals surface area contributed by atoms with Crippen LogP contribution in [0.4, 0.5) is 20.2 Å². The van der Waals surface area contributed by atoms with Gasteiger partial charge in [0, 0.05) is 13.1 Å². The van der Waals surface area contributed by atoms with E-state index < -0.39 is 0 Å². The molecule has 6 heteroatoms. The molecule has 0 saturated heterocycles. The molecule has 6 rings (SSSR count). The van der Waals surface area contributed by atoms with Gasteiger partial charge in [0.05, 0.1) is 23.2 Å². The van der Waals surface area contributed by atoms with E-state index in [9.17, 15) is 18.4 Å². The Morgan fingerprint density at radius 3 is 1.56 bits per heavy atom. The van der Waals surface area contributed by atoms with Gasteiger partial charge >= 0.3 is 0 Å². The van der Waals surface area contributed by atoms with Crippen molar-refractivity contribution in [3.63, 3.8) is 0 Å². The predicted molar refractivity (Wildman–Crippen MR) is 117 cm³/mol. The number of para-hydroxylation sites is 2. The summed E-state index contributed by atoms with van der Waals surface area (Å²) in [4.78, 5) is 30.1. The number of carbonyl (C=O) groups excluding carboxylic acids is 2. The van der Waals surface area contributed by atoms with E-state index in [0.717, 1.165) is 22.3 Å². The van der Waals surface area contributed by atoms with Gasteiger partial charge in [0.1, 0.15) is 11.6 Å². The molecule has 3 aromatic carbocycles. The number of amides is 2. The molecule has 2 aliphatic carbocycles. The molecule has 1 heterocycles. The molecule has 0 saturated carbocycles. The Morgan fingerprint density at radius 2 is 1.12 bits per heavy atom. The van der Waals surface area contributed by atoms with Gasteiger partial charge in [0.2, 0.25) is 11.8 Å². The normalized spacial score (nSPS) is 20.4. The highest BCUT2D eigenvalue weighted by Gasteiger charge is 2.41. The third kappa shape index (κ3) is 2.79. The zero-order valence-electron chi connectivity index (χ0n) is 17.2. The molecule has 160 valence electrons. The first-order valence-corrected chi connectivity index (χ1v) is 10.8. The zero-order valence-corrected chi connectivity index (χ0v) is 17.2. The molecule has 0 spiro atoms. The van der Waals surface area contributed by atoms with Crippen molar-refractivity contribution in [2.75, 3.05) is 22.9 Å². The molecule has 0 aromatic heterocycles. The third-order valence-electron chi connectivity index (χ3n) is 6.95. The minimum atomic E-state index is -0.363. The van der Waals surface area contributed by atoms with Crippen LogP contribution in [0.3, 0.4) is 0 Å². The van der Waals surface area contributed by atoms with Gasteiger partial charge in [0.25, 0.3) is 0 Å². The maximum Gasteiger partial charge on any atom is 0.235 e. The zero-order chi connectivity index (χ0) is 22.0. The fraction of sp³-hybridized carbons (Fsp3) is 0.231. The second kappa shape index (κ2) is 6.99. The summed E-state index contributed by atoms with van der Waals surface area (Å²) < 4.78 is 27.4. The molecule has 1 aliphatic heterocycles. The Hall–Kier alpha value is -3.54. The molecule has 2 unspecified atom stereocenters. The first-order chi connectivity index (χ1) is 15.5. The molecule has 0 radical (unpaired) electrons. The van der Waals surface area contributed by atoms with E-state index in [1.807, 2.05) is 24.3 Å². The smallest absolute Gasteiger partial charge is 0.235 e. The van der Waals surface area contributed by atoms with E-state index in [4.69, 9.17) is 0 Å². The summed E-state index contributed by atoms with van der Waals surface area (Å²) in [5.74, 6) is -1.55. The van der Waals surface area contributed by atoms with Crippen LogP contribution in [0, 0.1) is 11.6 Å². The van der Waals surface area contributed by atoms with Crippen LogP contribution in [0.25, 0.3) is 0 Å². The van der Waals surface area contributed by atoms with Crippen molar-refractivity contribution >= 4 is 23.2 Å². The second-order valence-corrected chi connectivity index (χ2v) is 8.67. The largest absolute Gasteiger partial charge is 0.308 e. The quantitative estimate of drug-likeness (QED) is 0.608. The maximum atomic E-state index is 13.7. The summed E-state index contributed by atoms with van der Waals surface area (Å²) in [6.07, 6.45) is 1.19. The van der Waals surface area contributed by atoms with Crippen LogP contribution < -0.4 is 9.80 Å². The highest BCUT2D eigenvalue weighted by atomic mass is 19.1. The van der Waals surface area contributed by atoms with Gasteiger partial charge in [-0.05, 0) is 71.5 Å². The summed E-state index contributed by atoms with van der Waals surface area (Å²) >= 11 is 0. The maximum absolute atomic E-state index is 13.7. The number of carbonyl (C=O) groups is 2. The van der Waals surface area contributed by atoms with E-state index in [0.29, 0.717) is 37.3 Å². The van der Waals surface area contributed by atoms with E-state index in [-0.39, 0.29) is 35.3 Å². The van der Waals surface area contributed by atoms with Crippen LogP contribution in [-0.4, -0.2) is 24.9 Å². The third-order valence-corrected chi connectivity index (χ3v) is 6.95. The van der Waals surface area contributed by atoms with Crippen molar-refractivity contribution in [3.8, 4) is 0 Å². The van der Waals surface area contributed by atoms with E-state index in [2.05, 4.69) is 0 Å². The van der Waals surface area contributed by atoms with Gasteiger partial charge in [-0.25, -0.2) is 8.78 Å². The lowest BCUT2D eigenvalue weighted by Crippen LogP contribution is -2.50. The average molecular weight is 430 g/mol. The summed E-state index contributed by atoms with van der Waals surface area (Å²) in [7, 11) is 0. The molecule has 0 N–H and O–H groups in total. The van der Waals surface area contributed by atoms with Crippen molar-refractivity contribution in [2.24, 2.45) is 0 Å². The van der Waals surface area contributed by atoms with Gasteiger partial charge in [0.15, 0.2) is 0 Å². The molecule has 4 nitrogen and oxygen atoms in total. The highest BCUT2D eigenvalue weighted by molar-refractivity contribution is 6.08. The van der Waals surface area contributed by atoms with Crippen molar-refractivity contribution in [1.82, 2.24) is 0 Å². The summed E-state index contributed by atoms with van der Waals surface area (Å²) in [5, 5.41) is 0. The van der Waals surface area contributed by atoms with Crippen molar-refractivity contribution in [3.05, 3.63) is 94.6 Å². The summed E-state index contributed by atoms with van der Waals surface area (Å²) in [5.41, 5.74) is 4.87. The van der Waals surface area contributed by atoms with Crippen LogP contribution in [0.1, 0.15) is 34.1 Å². The number of fused-ring (bicyclic) bond motifs is 3.